The number of hydrogen-bond acceptors (Lipinski definition) is 2. The molecule has 0 amide bonds. The second kappa shape index (κ2) is 7.85. The lowest BCUT2D eigenvalue weighted by molar-refractivity contribution is 0.192. The van der Waals surface area contributed by atoms with Crippen molar-refractivity contribution < 1.29 is 4.39 Å². The predicted octanol–water partition coefficient (Wildman–Crippen LogP) is 5.14. The van der Waals surface area contributed by atoms with Gasteiger partial charge in [0.25, 0.3) is 0 Å². The number of halogens is 1. The first-order chi connectivity index (χ1) is 9.72. The largest absolute Gasteiger partial charge is 0.245 e. The zero-order valence-corrected chi connectivity index (χ0v) is 12.8. The Morgan fingerprint density at radius 1 is 1.00 bits per heavy atom. The van der Waals surface area contributed by atoms with Crippen LogP contribution in [0.5, 0.6) is 0 Å². The van der Waals surface area contributed by atoms with Crippen LogP contribution in [-0.2, 0) is 0 Å². The first-order valence-electron chi connectivity index (χ1n) is 7.75. The highest BCUT2D eigenvalue weighted by Crippen LogP contribution is 2.33. The molecule has 2 rings (SSSR count). The van der Waals surface area contributed by atoms with E-state index in [-0.39, 0.29) is 6.04 Å². The summed E-state index contributed by atoms with van der Waals surface area (Å²) in [6.07, 6.45) is 13.2. The monoisotopic (exact) mass is 293 g/mol. The van der Waals surface area contributed by atoms with Crippen LogP contribution in [-0.4, -0.2) is 17.4 Å². The molecular formula is C17H24FNS. The van der Waals surface area contributed by atoms with E-state index in [9.17, 15) is 4.39 Å². The highest BCUT2D eigenvalue weighted by Gasteiger charge is 2.29. The third kappa shape index (κ3) is 4.36. The molecule has 0 aromatic rings. The summed E-state index contributed by atoms with van der Waals surface area (Å²) in [4.78, 5) is 3.92. The second-order valence-electron chi connectivity index (χ2n) is 6.17. The van der Waals surface area contributed by atoms with Crippen LogP contribution >= 0.6 is 12.2 Å². The van der Waals surface area contributed by atoms with Gasteiger partial charge in [-0.3, -0.25) is 0 Å². The Bertz CT molecular complexity index is 392. The summed E-state index contributed by atoms with van der Waals surface area (Å²) in [7, 11) is 0. The number of thiocarbonyl (C=S) groups is 1. The van der Waals surface area contributed by atoms with E-state index in [1.165, 1.54) is 25.7 Å². The van der Waals surface area contributed by atoms with Gasteiger partial charge < -0.3 is 0 Å². The van der Waals surface area contributed by atoms with Crippen molar-refractivity contribution in [1.29, 1.82) is 0 Å². The Labute approximate surface area is 127 Å². The van der Waals surface area contributed by atoms with Gasteiger partial charge in [-0.2, -0.15) is 0 Å². The molecule has 0 spiro atoms. The Balaban J connectivity index is 1.78. The zero-order valence-electron chi connectivity index (χ0n) is 12.0. The molecule has 3 heteroatoms. The van der Waals surface area contributed by atoms with Gasteiger partial charge in [-0.05, 0) is 74.9 Å². The van der Waals surface area contributed by atoms with Gasteiger partial charge >= 0.3 is 0 Å². The molecule has 110 valence electrons. The van der Waals surface area contributed by atoms with E-state index in [2.05, 4.69) is 47.2 Å². The lowest BCUT2D eigenvalue weighted by Crippen LogP contribution is -2.28. The van der Waals surface area contributed by atoms with Crippen molar-refractivity contribution in [3.05, 3.63) is 24.8 Å². The maximum absolute atomic E-state index is 13.9. The molecule has 0 saturated heterocycles. The summed E-state index contributed by atoms with van der Waals surface area (Å²) in [6.45, 7) is 3.88. The molecule has 0 radical (unpaired) electrons. The zero-order chi connectivity index (χ0) is 14.4. The molecule has 0 heterocycles. The van der Waals surface area contributed by atoms with Crippen molar-refractivity contribution in [2.45, 2.75) is 57.2 Å². The first-order valence-corrected chi connectivity index (χ1v) is 8.15. The summed E-state index contributed by atoms with van der Waals surface area (Å²) in [5.74, 6) is 1.76. The fourth-order valence-corrected chi connectivity index (χ4v) is 3.54. The van der Waals surface area contributed by atoms with Gasteiger partial charge in [-0.1, -0.05) is 18.2 Å². The molecule has 2 aliphatic carbocycles. The van der Waals surface area contributed by atoms with Crippen molar-refractivity contribution in [1.82, 2.24) is 0 Å². The van der Waals surface area contributed by atoms with E-state index in [1.54, 1.807) is 0 Å². The molecule has 0 aromatic heterocycles. The smallest absolute Gasteiger partial charge is 0.124 e. The van der Waals surface area contributed by atoms with Crippen molar-refractivity contribution in [3.8, 4) is 0 Å². The average Bonchev–Trinajstić information content (AvgIpc) is 2.48. The Kier molecular flexibility index (Phi) is 6.12. The predicted molar refractivity (Wildman–Crippen MR) is 85.8 cm³/mol. The van der Waals surface area contributed by atoms with E-state index in [0.29, 0.717) is 24.2 Å². The second-order valence-corrected chi connectivity index (χ2v) is 6.35. The van der Waals surface area contributed by atoms with Gasteiger partial charge in [-0.15, -0.1) is 6.58 Å². The molecule has 2 saturated carbocycles. The number of alkyl halides is 1. The number of rotatable bonds is 4. The van der Waals surface area contributed by atoms with E-state index in [0.717, 1.165) is 12.8 Å². The van der Waals surface area contributed by atoms with Crippen molar-refractivity contribution >= 4 is 17.4 Å². The molecule has 1 nitrogen and oxygen atoms in total. The fourth-order valence-electron chi connectivity index (χ4n) is 3.41. The van der Waals surface area contributed by atoms with Gasteiger partial charge in [0.05, 0.1) is 11.2 Å². The minimum Gasteiger partial charge on any atom is -0.245 e. The van der Waals surface area contributed by atoms with E-state index < -0.39 is 6.17 Å². The minimum absolute atomic E-state index is 0.250. The molecule has 2 fully saturated rings. The Morgan fingerprint density at radius 3 is 2.20 bits per heavy atom. The van der Waals surface area contributed by atoms with Gasteiger partial charge in [0.1, 0.15) is 6.17 Å². The summed E-state index contributed by atoms with van der Waals surface area (Å²) in [6, 6.07) is -0.250. The normalized spacial score (nSPS) is 38.4. The lowest BCUT2D eigenvalue weighted by Gasteiger charge is -2.28. The molecular weight excluding hydrogens is 269 g/mol. The third-order valence-electron chi connectivity index (χ3n) is 4.80. The average molecular weight is 293 g/mol. The number of aliphatic imine (C=N–C) groups is 1. The molecule has 0 aromatic carbocycles. The van der Waals surface area contributed by atoms with Crippen LogP contribution in [0.15, 0.2) is 29.8 Å². The molecule has 3 unspecified atom stereocenters. The summed E-state index contributed by atoms with van der Waals surface area (Å²) in [5.41, 5.74) is 0. The van der Waals surface area contributed by atoms with Gasteiger partial charge in [0, 0.05) is 0 Å². The minimum atomic E-state index is -0.856. The Morgan fingerprint density at radius 2 is 1.60 bits per heavy atom. The standard InChI is InChI=1S/C17H24FNS/c1-2-13-3-5-14(6-4-13)7-8-15-9-10-17(19-12-20)16(18)11-15/h2,7-8,13-17H,1,3-6,9-11H2/b8-7+. The van der Waals surface area contributed by atoms with Crippen LogP contribution in [0.1, 0.15) is 44.9 Å². The van der Waals surface area contributed by atoms with E-state index in [1.807, 2.05) is 0 Å². The molecule has 0 aliphatic heterocycles. The molecule has 3 atom stereocenters. The van der Waals surface area contributed by atoms with Gasteiger partial charge in [0.2, 0.25) is 0 Å². The highest BCUT2D eigenvalue weighted by atomic mass is 32.1. The van der Waals surface area contributed by atoms with E-state index in [4.69, 9.17) is 0 Å². The number of isothiocyanates is 1. The maximum atomic E-state index is 13.9. The summed E-state index contributed by atoms with van der Waals surface area (Å²) >= 11 is 4.57. The first kappa shape index (κ1) is 15.6. The lowest BCUT2D eigenvalue weighted by atomic mass is 9.80. The van der Waals surface area contributed by atoms with Crippen LogP contribution in [0.25, 0.3) is 0 Å². The molecule has 0 N–H and O–H groups in total. The number of nitrogens with zero attached hydrogens (tertiary/aromatic N) is 1. The Hall–Kier alpha value is -0.790. The van der Waals surface area contributed by atoms with Crippen LogP contribution < -0.4 is 0 Å². The molecule has 0 bridgehead atoms. The number of hydrogen-bond donors (Lipinski definition) is 0. The van der Waals surface area contributed by atoms with Gasteiger partial charge in [0.15, 0.2) is 0 Å². The number of allylic oxidation sites excluding steroid dienone is 3. The SMILES string of the molecule is C=CC1CCC(/C=C/C2CCC(N=C=S)C(F)C2)CC1. The van der Waals surface area contributed by atoms with Crippen LogP contribution in [0, 0.1) is 17.8 Å². The molecule has 2 aliphatic rings. The quantitative estimate of drug-likeness (QED) is 0.397. The fraction of sp³-hybridized carbons (Fsp3) is 0.706. The maximum Gasteiger partial charge on any atom is 0.124 e. The summed E-state index contributed by atoms with van der Waals surface area (Å²) < 4.78 is 13.9. The van der Waals surface area contributed by atoms with E-state index >= 15 is 0 Å². The van der Waals surface area contributed by atoms with Crippen molar-refractivity contribution in [2.75, 3.05) is 0 Å². The van der Waals surface area contributed by atoms with Crippen LogP contribution in [0.2, 0.25) is 0 Å². The van der Waals surface area contributed by atoms with Gasteiger partial charge in [-0.25, -0.2) is 9.38 Å². The topological polar surface area (TPSA) is 12.4 Å². The van der Waals surface area contributed by atoms with Crippen LogP contribution in [0.3, 0.4) is 0 Å². The highest BCUT2D eigenvalue weighted by molar-refractivity contribution is 7.78. The van der Waals surface area contributed by atoms with Crippen LogP contribution in [0.4, 0.5) is 4.39 Å². The third-order valence-corrected chi connectivity index (χ3v) is 4.91. The van der Waals surface area contributed by atoms with Crippen molar-refractivity contribution in [2.24, 2.45) is 22.7 Å². The molecule has 20 heavy (non-hydrogen) atoms. The van der Waals surface area contributed by atoms with Crippen molar-refractivity contribution in [3.63, 3.8) is 0 Å². The summed E-state index contributed by atoms with van der Waals surface area (Å²) in [5, 5.41) is 2.32.